The van der Waals surface area contributed by atoms with Crippen LogP contribution in [0.5, 0.6) is 0 Å². The lowest BCUT2D eigenvalue weighted by Gasteiger charge is -2.36. The average Bonchev–Trinajstić information content (AvgIpc) is 2.76. The van der Waals surface area contributed by atoms with Crippen molar-refractivity contribution in [2.75, 3.05) is 39.6 Å². The van der Waals surface area contributed by atoms with Crippen LogP contribution in [-0.2, 0) is 22.4 Å². The molecule has 2 saturated heterocycles. The van der Waals surface area contributed by atoms with Gasteiger partial charge >= 0.3 is 29.3 Å². The third kappa shape index (κ3) is 10.3. The summed E-state index contributed by atoms with van der Waals surface area (Å²) in [6, 6.07) is 1.35. The minimum Gasteiger partial charge on any atom is -0.465 e. The van der Waals surface area contributed by atoms with Gasteiger partial charge in [-0.3, -0.25) is 9.80 Å². The maximum Gasteiger partial charge on any atom is 0.411 e. The summed E-state index contributed by atoms with van der Waals surface area (Å²) in [6.07, 6.45) is 0.748. The second-order valence-electron chi connectivity index (χ2n) is 9.93. The van der Waals surface area contributed by atoms with Gasteiger partial charge in [0.25, 0.3) is 0 Å². The van der Waals surface area contributed by atoms with Crippen molar-refractivity contribution in [3.05, 3.63) is 0 Å². The molecule has 0 aromatic rings. The van der Waals surface area contributed by atoms with E-state index in [0.717, 1.165) is 12.8 Å². The fourth-order valence-corrected chi connectivity index (χ4v) is 9.60. The number of nitrogens with zero attached hydrogens (tertiary/aromatic N) is 2. The number of rotatable bonds is 12. The van der Waals surface area contributed by atoms with Crippen LogP contribution in [-0.4, -0.2) is 107 Å². The molecule has 5 unspecified atom stereocenters. The molecule has 2 rings (SSSR count). The van der Waals surface area contributed by atoms with Crippen molar-refractivity contribution < 1.29 is 42.2 Å². The molecule has 0 saturated carbocycles. The number of aliphatic hydroxyl groups is 1. The zero-order valence-electron chi connectivity index (χ0n) is 21.9. The van der Waals surface area contributed by atoms with Crippen molar-refractivity contribution in [2.24, 2.45) is 0 Å². The van der Waals surface area contributed by atoms with Gasteiger partial charge in [0.05, 0.1) is 6.61 Å². The van der Waals surface area contributed by atoms with E-state index in [1.165, 1.54) is 9.80 Å². The Morgan fingerprint density at radius 2 is 1.46 bits per heavy atom. The van der Waals surface area contributed by atoms with Crippen LogP contribution in [0.25, 0.3) is 0 Å². The number of carbonyl (C=O) groups excluding carboxylic acids is 1. The van der Waals surface area contributed by atoms with Crippen LogP contribution < -0.4 is 0 Å². The number of carbonyl (C=O) groups is 2. The molecule has 5 atom stereocenters. The number of aliphatic hydroxyl groups excluding tert-OH is 1. The Bertz CT molecular complexity index is 691. The minimum atomic E-state index is -2.33. The Labute approximate surface area is 211 Å². The second-order valence-corrected chi connectivity index (χ2v) is 16.5. The largest absolute Gasteiger partial charge is 0.465 e. The average molecular weight is 537 g/mol. The number of amides is 2. The third-order valence-corrected chi connectivity index (χ3v) is 12.3. The maximum atomic E-state index is 12.8. The standard InChI is InChI=1S/C22H44N2O9Si2/c1-18-8-12-29-34(4,32-18)14-6-10-23(21(26)27)17-24(22(28)31-20(3)16-25)11-7-15-35(5)30-13-9-19(2)33-35/h18-20,25H,6-17H2,1-5H3,(H,26,27). The van der Waals surface area contributed by atoms with E-state index in [-0.39, 0.29) is 32.0 Å². The highest BCUT2D eigenvalue weighted by molar-refractivity contribution is 6.66. The fourth-order valence-electron chi connectivity index (χ4n) is 4.30. The van der Waals surface area contributed by atoms with Gasteiger partial charge in [0, 0.05) is 38.5 Å². The summed E-state index contributed by atoms with van der Waals surface area (Å²) in [4.78, 5) is 27.3. The van der Waals surface area contributed by atoms with Gasteiger partial charge in [0.1, 0.15) is 12.8 Å². The topological polar surface area (TPSA) is 127 Å². The molecule has 0 aromatic carbocycles. The third-order valence-electron chi connectivity index (χ3n) is 6.31. The van der Waals surface area contributed by atoms with Gasteiger partial charge in [-0.25, -0.2) is 9.59 Å². The van der Waals surface area contributed by atoms with Crippen LogP contribution in [0, 0.1) is 0 Å². The molecule has 2 aliphatic rings. The van der Waals surface area contributed by atoms with Crippen molar-refractivity contribution in [3.63, 3.8) is 0 Å². The van der Waals surface area contributed by atoms with Gasteiger partial charge in [0.15, 0.2) is 0 Å². The molecule has 2 fully saturated rings. The number of hydrogen-bond donors (Lipinski definition) is 2. The Morgan fingerprint density at radius 1 is 0.971 bits per heavy atom. The van der Waals surface area contributed by atoms with Crippen LogP contribution in [0.15, 0.2) is 0 Å². The first-order chi connectivity index (χ1) is 16.4. The predicted molar refractivity (Wildman–Crippen MR) is 134 cm³/mol. The molecule has 0 aromatic heterocycles. The van der Waals surface area contributed by atoms with Gasteiger partial charge in [-0.2, -0.15) is 0 Å². The SMILES string of the molecule is CC(CO)OC(=O)N(CCC[Si]1(C)OCCC(C)O1)CN(CCC[Si]1(C)OCCC(C)O1)C(=O)O. The summed E-state index contributed by atoms with van der Waals surface area (Å²) in [7, 11) is -4.65. The van der Waals surface area contributed by atoms with Crippen LogP contribution in [0.1, 0.15) is 46.5 Å². The number of carboxylic acid groups (broad SMARTS) is 1. The smallest absolute Gasteiger partial charge is 0.411 e. The minimum absolute atomic E-state index is 0.126. The van der Waals surface area contributed by atoms with Gasteiger partial charge in [-0.1, -0.05) is 0 Å². The van der Waals surface area contributed by atoms with E-state index in [1.54, 1.807) is 6.92 Å². The Morgan fingerprint density at radius 3 is 1.89 bits per heavy atom. The first kappa shape index (κ1) is 30.0. The lowest BCUT2D eigenvalue weighted by Crippen LogP contribution is -2.49. The monoisotopic (exact) mass is 536 g/mol. The predicted octanol–water partition coefficient (Wildman–Crippen LogP) is 3.32. The van der Waals surface area contributed by atoms with Crippen molar-refractivity contribution in [1.82, 2.24) is 9.80 Å². The second kappa shape index (κ2) is 13.9. The van der Waals surface area contributed by atoms with Crippen LogP contribution in [0.4, 0.5) is 9.59 Å². The highest BCUT2D eigenvalue weighted by Crippen LogP contribution is 2.25. The number of hydrogen-bond acceptors (Lipinski definition) is 8. The molecule has 35 heavy (non-hydrogen) atoms. The molecule has 13 heteroatoms. The first-order valence-corrected chi connectivity index (χ1v) is 17.7. The van der Waals surface area contributed by atoms with Crippen molar-refractivity contribution in [1.29, 1.82) is 0 Å². The molecular weight excluding hydrogens is 492 g/mol. The molecule has 2 aliphatic heterocycles. The molecule has 2 amide bonds. The zero-order valence-corrected chi connectivity index (χ0v) is 23.9. The molecule has 2 heterocycles. The number of ether oxygens (including phenoxy) is 1. The van der Waals surface area contributed by atoms with Gasteiger partial charge in [-0.15, -0.1) is 0 Å². The molecule has 0 spiro atoms. The van der Waals surface area contributed by atoms with Crippen molar-refractivity contribution in [2.45, 2.75) is 89.9 Å². The first-order valence-electron chi connectivity index (χ1n) is 12.6. The lowest BCUT2D eigenvalue weighted by molar-refractivity contribution is 0.0279. The zero-order chi connectivity index (χ0) is 26.1. The normalized spacial score (nSPS) is 29.9. The molecule has 11 nitrogen and oxygen atoms in total. The molecule has 2 N–H and O–H groups in total. The van der Waals surface area contributed by atoms with E-state index in [2.05, 4.69) is 0 Å². The van der Waals surface area contributed by atoms with Crippen molar-refractivity contribution >= 4 is 29.3 Å². The van der Waals surface area contributed by atoms with E-state index >= 15 is 0 Å². The summed E-state index contributed by atoms with van der Waals surface area (Å²) in [5.74, 6) is 0. The summed E-state index contributed by atoms with van der Waals surface area (Å²) >= 11 is 0. The molecular formula is C22H44N2O9Si2. The van der Waals surface area contributed by atoms with Gasteiger partial charge in [0.2, 0.25) is 0 Å². The molecule has 0 aliphatic carbocycles. The highest BCUT2D eigenvalue weighted by Gasteiger charge is 2.38. The Kier molecular flexibility index (Phi) is 11.9. The van der Waals surface area contributed by atoms with Crippen molar-refractivity contribution in [3.8, 4) is 0 Å². The van der Waals surface area contributed by atoms with Gasteiger partial charge < -0.3 is 32.7 Å². The van der Waals surface area contributed by atoms with E-state index in [0.29, 0.717) is 44.7 Å². The van der Waals surface area contributed by atoms with E-state index < -0.39 is 35.4 Å². The summed E-state index contributed by atoms with van der Waals surface area (Å²) in [5.41, 5.74) is 0. The quantitative estimate of drug-likeness (QED) is 0.285. The van der Waals surface area contributed by atoms with Crippen LogP contribution in [0.3, 0.4) is 0 Å². The summed E-state index contributed by atoms with van der Waals surface area (Å²) < 4.78 is 29.2. The maximum absolute atomic E-state index is 12.8. The summed E-state index contributed by atoms with van der Waals surface area (Å²) in [5, 5.41) is 19.1. The van der Waals surface area contributed by atoms with Gasteiger partial charge in [-0.05, 0) is 71.6 Å². The van der Waals surface area contributed by atoms with E-state index in [1.807, 2.05) is 26.9 Å². The van der Waals surface area contributed by atoms with Crippen LogP contribution in [0.2, 0.25) is 25.2 Å². The lowest BCUT2D eigenvalue weighted by atomic mass is 10.3. The van der Waals surface area contributed by atoms with E-state index in [9.17, 15) is 19.8 Å². The highest BCUT2D eigenvalue weighted by atomic mass is 28.4. The summed E-state index contributed by atoms with van der Waals surface area (Å²) in [6.45, 7) is 11.1. The van der Waals surface area contributed by atoms with Crippen LogP contribution >= 0.6 is 0 Å². The molecule has 204 valence electrons. The van der Waals surface area contributed by atoms with E-state index in [4.69, 9.17) is 22.4 Å². The fraction of sp³-hybridized carbons (Fsp3) is 0.909. The Balaban J connectivity index is 1.96. The Hall–Kier alpha value is -1.23. The molecule has 0 bridgehead atoms. The molecule has 0 radical (unpaired) electrons.